The molecule has 0 radical (unpaired) electrons. The number of fused-ring (bicyclic) bond motifs is 1. The number of aromatic nitrogens is 2. The summed E-state index contributed by atoms with van der Waals surface area (Å²) in [6, 6.07) is 16.4. The van der Waals surface area contributed by atoms with Crippen molar-refractivity contribution >= 4 is 12.0 Å². The number of amides is 1. The predicted molar refractivity (Wildman–Crippen MR) is 119 cm³/mol. The van der Waals surface area contributed by atoms with Crippen LogP contribution in [0.3, 0.4) is 0 Å². The number of rotatable bonds is 5. The Morgan fingerprint density at radius 3 is 2.48 bits per heavy atom. The monoisotopic (exact) mass is 415 g/mol. The van der Waals surface area contributed by atoms with Crippen LogP contribution >= 0.6 is 0 Å². The summed E-state index contributed by atoms with van der Waals surface area (Å²) in [6.07, 6.45) is 5.95. The zero-order chi connectivity index (χ0) is 21.4. The number of aromatic amines is 1. The number of allylic oxidation sites excluding steroid dienone is 1. The van der Waals surface area contributed by atoms with E-state index in [2.05, 4.69) is 34.5 Å². The number of benzene rings is 2. The lowest BCUT2D eigenvalue weighted by Gasteiger charge is -2.35. The molecule has 2 heterocycles. The SMILES string of the molecule is COc1ccc(C2(c3ccccc3)C=Cc3c(C(=O)N4CCC4)n[nH]c3C2)cc1OC. The average Bonchev–Trinajstić information content (AvgIpc) is 3.21. The largest absolute Gasteiger partial charge is 0.493 e. The number of hydrogen-bond donors (Lipinski definition) is 1. The van der Waals surface area contributed by atoms with E-state index in [4.69, 9.17) is 9.47 Å². The fraction of sp³-hybridized carbons (Fsp3) is 0.280. The fourth-order valence-corrected chi connectivity index (χ4v) is 4.51. The van der Waals surface area contributed by atoms with Crippen LogP contribution in [0.4, 0.5) is 0 Å². The maximum atomic E-state index is 12.8. The van der Waals surface area contributed by atoms with Crippen molar-refractivity contribution in [2.45, 2.75) is 18.3 Å². The van der Waals surface area contributed by atoms with E-state index >= 15 is 0 Å². The van der Waals surface area contributed by atoms with Crippen LogP contribution in [0.25, 0.3) is 6.08 Å². The Morgan fingerprint density at radius 2 is 1.81 bits per heavy atom. The fourth-order valence-electron chi connectivity index (χ4n) is 4.51. The highest BCUT2D eigenvalue weighted by atomic mass is 16.5. The molecule has 2 aliphatic rings. The molecule has 158 valence electrons. The van der Waals surface area contributed by atoms with Gasteiger partial charge in [-0.15, -0.1) is 0 Å². The van der Waals surface area contributed by atoms with Gasteiger partial charge < -0.3 is 14.4 Å². The summed E-state index contributed by atoms with van der Waals surface area (Å²) in [5, 5.41) is 7.55. The first kappa shape index (κ1) is 19.4. The highest BCUT2D eigenvalue weighted by Crippen LogP contribution is 2.44. The van der Waals surface area contributed by atoms with Gasteiger partial charge in [-0.2, -0.15) is 5.10 Å². The second-order valence-electron chi connectivity index (χ2n) is 8.03. The van der Waals surface area contributed by atoms with Crippen LogP contribution in [-0.4, -0.2) is 48.3 Å². The minimum Gasteiger partial charge on any atom is -0.493 e. The Balaban J connectivity index is 1.61. The van der Waals surface area contributed by atoms with Gasteiger partial charge in [-0.05, 0) is 29.7 Å². The van der Waals surface area contributed by atoms with E-state index in [1.807, 2.05) is 41.3 Å². The summed E-state index contributed by atoms with van der Waals surface area (Å²) in [7, 11) is 3.28. The molecule has 1 amide bonds. The van der Waals surface area contributed by atoms with E-state index in [1.165, 1.54) is 0 Å². The van der Waals surface area contributed by atoms with Gasteiger partial charge in [0.05, 0.1) is 14.2 Å². The Labute approximate surface area is 181 Å². The molecule has 31 heavy (non-hydrogen) atoms. The maximum absolute atomic E-state index is 12.8. The molecule has 1 fully saturated rings. The van der Waals surface area contributed by atoms with Crippen LogP contribution < -0.4 is 9.47 Å². The number of nitrogens with one attached hydrogen (secondary N) is 1. The van der Waals surface area contributed by atoms with Crippen LogP contribution in [0.1, 0.15) is 39.3 Å². The number of carbonyl (C=O) groups excluding carboxylic acids is 1. The molecule has 1 atom stereocenters. The first-order valence-corrected chi connectivity index (χ1v) is 10.5. The topological polar surface area (TPSA) is 67.5 Å². The molecular formula is C25H25N3O3. The van der Waals surface area contributed by atoms with E-state index in [-0.39, 0.29) is 5.91 Å². The standard InChI is InChI=1S/C25H25N3O3/c1-30-21-10-9-18(15-22(21)31-2)25(17-7-4-3-5-8-17)12-11-19-20(16-25)26-27-23(19)24(29)28-13-6-14-28/h3-5,7-12,15H,6,13-14,16H2,1-2H3,(H,26,27). The van der Waals surface area contributed by atoms with Gasteiger partial charge in [-0.3, -0.25) is 9.89 Å². The minimum absolute atomic E-state index is 0.00623. The van der Waals surface area contributed by atoms with Crippen molar-refractivity contribution < 1.29 is 14.3 Å². The van der Waals surface area contributed by atoms with Crippen LogP contribution in [0, 0.1) is 0 Å². The van der Waals surface area contributed by atoms with E-state index < -0.39 is 5.41 Å². The van der Waals surface area contributed by atoms with Crippen molar-refractivity contribution in [3.63, 3.8) is 0 Å². The van der Waals surface area contributed by atoms with Crippen molar-refractivity contribution in [2.75, 3.05) is 27.3 Å². The number of ether oxygens (including phenoxy) is 2. The number of H-pyrrole nitrogens is 1. The predicted octanol–water partition coefficient (Wildman–Crippen LogP) is 3.83. The number of methoxy groups -OCH3 is 2. The number of nitrogens with zero attached hydrogens (tertiary/aromatic N) is 2. The van der Waals surface area contributed by atoms with E-state index in [9.17, 15) is 4.79 Å². The summed E-state index contributed by atoms with van der Waals surface area (Å²) in [5.74, 6) is 1.39. The molecule has 3 aromatic rings. The zero-order valence-corrected chi connectivity index (χ0v) is 17.7. The second-order valence-corrected chi connectivity index (χ2v) is 8.03. The number of carbonyl (C=O) groups is 1. The van der Waals surface area contributed by atoms with Crippen molar-refractivity contribution in [1.82, 2.24) is 15.1 Å². The quantitative estimate of drug-likeness (QED) is 0.688. The van der Waals surface area contributed by atoms with Gasteiger partial charge in [-0.1, -0.05) is 48.6 Å². The molecule has 1 aliphatic carbocycles. The lowest BCUT2D eigenvalue weighted by molar-refractivity contribution is 0.0645. The van der Waals surface area contributed by atoms with Gasteiger partial charge in [0.1, 0.15) is 0 Å². The maximum Gasteiger partial charge on any atom is 0.274 e. The molecule has 6 nitrogen and oxygen atoms in total. The number of hydrogen-bond acceptors (Lipinski definition) is 4. The molecule has 1 N–H and O–H groups in total. The Bertz CT molecular complexity index is 1150. The summed E-state index contributed by atoms with van der Waals surface area (Å²) in [5.41, 5.74) is 4.20. The van der Waals surface area contributed by atoms with Gasteiger partial charge in [0, 0.05) is 36.2 Å². The normalized spacial score (nSPS) is 19.5. The average molecular weight is 415 g/mol. The highest BCUT2D eigenvalue weighted by Gasteiger charge is 2.38. The smallest absolute Gasteiger partial charge is 0.274 e. The second kappa shape index (κ2) is 7.61. The molecule has 6 heteroatoms. The molecule has 2 aromatic carbocycles. The van der Waals surface area contributed by atoms with Gasteiger partial charge >= 0.3 is 0 Å². The van der Waals surface area contributed by atoms with E-state index in [0.29, 0.717) is 23.6 Å². The highest BCUT2D eigenvalue weighted by molar-refractivity contribution is 5.97. The molecule has 5 rings (SSSR count). The molecule has 1 unspecified atom stereocenters. The Kier molecular flexibility index (Phi) is 4.77. The third kappa shape index (κ3) is 3.10. The molecule has 0 spiro atoms. The van der Waals surface area contributed by atoms with Crippen LogP contribution in [0.5, 0.6) is 11.5 Å². The van der Waals surface area contributed by atoms with Crippen LogP contribution in [-0.2, 0) is 11.8 Å². The summed E-state index contributed by atoms with van der Waals surface area (Å²) < 4.78 is 11.0. The van der Waals surface area contributed by atoms with Crippen molar-refractivity contribution in [2.24, 2.45) is 0 Å². The summed E-state index contributed by atoms with van der Waals surface area (Å²) in [6.45, 7) is 1.62. The number of likely N-dealkylation sites (tertiary alicyclic amines) is 1. The van der Waals surface area contributed by atoms with Gasteiger partial charge in [0.25, 0.3) is 5.91 Å². The molecule has 0 bridgehead atoms. The summed E-state index contributed by atoms with van der Waals surface area (Å²) in [4.78, 5) is 14.6. The Morgan fingerprint density at radius 1 is 1.03 bits per heavy atom. The van der Waals surface area contributed by atoms with Gasteiger partial charge in [0.2, 0.25) is 0 Å². The van der Waals surface area contributed by atoms with E-state index in [0.717, 1.165) is 41.9 Å². The molecule has 1 aliphatic heterocycles. The van der Waals surface area contributed by atoms with Gasteiger partial charge in [0.15, 0.2) is 17.2 Å². The van der Waals surface area contributed by atoms with Crippen molar-refractivity contribution in [3.05, 3.63) is 82.7 Å². The minimum atomic E-state index is -0.419. The molecular weight excluding hydrogens is 390 g/mol. The molecule has 0 saturated carbocycles. The molecule has 1 aromatic heterocycles. The lowest BCUT2D eigenvalue weighted by atomic mass is 9.68. The first-order valence-electron chi connectivity index (χ1n) is 10.5. The van der Waals surface area contributed by atoms with Crippen molar-refractivity contribution in [3.8, 4) is 11.5 Å². The van der Waals surface area contributed by atoms with Gasteiger partial charge in [-0.25, -0.2) is 0 Å². The van der Waals surface area contributed by atoms with Crippen LogP contribution in [0.2, 0.25) is 0 Å². The first-order chi connectivity index (χ1) is 15.2. The third-order valence-electron chi connectivity index (χ3n) is 6.41. The van der Waals surface area contributed by atoms with Crippen LogP contribution in [0.15, 0.2) is 54.6 Å². The summed E-state index contributed by atoms with van der Waals surface area (Å²) >= 11 is 0. The third-order valence-corrected chi connectivity index (χ3v) is 6.41. The van der Waals surface area contributed by atoms with E-state index in [1.54, 1.807) is 14.2 Å². The van der Waals surface area contributed by atoms with Crippen molar-refractivity contribution in [1.29, 1.82) is 0 Å². The zero-order valence-electron chi connectivity index (χ0n) is 17.7. The Hall–Kier alpha value is -3.54. The lowest BCUT2D eigenvalue weighted by Crippen LogP contribution is -2.42. The molecule has 1 saturated heterocycles.